The third-order valence-corrected chi connectivity index (χ3v) is 3.30. The van der Waals surface area contributed by atoms with Gasteiger partial charge in [0.05, 0.1) is 28.5 Å². The van der Waals surface area contributed by atoms with Crippen molar-refractivity contribution >= 4 is 33.2 Å². The van der Waals surface area contributed by atoms with Crippen LogP contribution in [0.2, 0.25) is 5.02 Å². The molecule has 2 nitrogen and oxygen atoms in total. The van der Waals surface area contributed by atoms with Gasteiger partial charge in [-0.15, -0.1) is 0 Å². The van der Waals surface area contributed by atoms with Crippen molar-refractivity contribution in [3.63, 3.8) is 0 Å². The van der Waals surface area contributed by atoms with Gasteiger partial charge in [0.1, 0.15) is 4.60 Å². The van der Waals surface area contributed by atoms with Crippen LogP contribution in [0.3, 0.4) is 0 Å². The Morgan fingerprint density at radius 1 is 1.20 bits per heavy atom. The van der Waals surface area contributed by atoms with Crippen LogP contribution in [0.15, 0.2) is 41.0 Å². The molecule has 2 aromatic rings. The fourth-order valence-electron chi connectivity index (χ4n) is 1.57. The summed E-state index contributed by atoms with van der Waals surface area (Å²) in [5, 5.41) is 3.08. The van der Waals surface area contributed by atoms with Gasteiger partial charge < -0.3 is 5.32 Å². The number of hydrogen-bond acceptors (Lipinski definition) is 2. The molecule has 20 heavy (non-hydrogen) atoms. The lowest BCUT2D eigenvalue weighted by Gasteiger charge is -2.12. The standard InChI is InChI=1S/C13H9BrClF3N2/c14-12-3-1-2-9(20-12)7-19-11-6-8(13(16,17)18)4-5-10(11)15/h1-6,19H,7H2. The van der Waals surface area contributed by atoms with Crippen molar-refractivity contribution in [1.82, 2.24) is 4.98 Å². The molecule has 0 atom stereocenters. The van der Waals surface area contributed by atoms with E-state index in [4.69, 9.17) is 11.6 Å². The van der Waals surface area contributed by atoms with Gasteiger partial charge in [-0.05, 0) is 46.3 Å². The number of alkyl halides is 3. The Bertz CT molecular complexity index is 617. The van der Waals surface area contributed by atoms with Crippen LogP contribution in [0, 0.1) is 0 Å². The average molecular weight is 366 g/mol. The molecule has 0 radical (unpaired) electrons. The van der Waals surface area contributed by atoms with Crippen molar-refractivity contribution in [2.45, 2.75) is 12.7 Å². The molecule has 1 heterocycles. The van der Waals surface area contributed by atoms with Gasteiger partial charge in [-0.1, -0.05) is 17.7 Å². The predicted octanol–water partition coefficient (Wildman–Crippen LogP) is 5.13. The summed E-state index contributed by atoms with van der Waals surface area (Å²) in [5.74, 6) is 0. The van der Waals surface area contributed by atoms with Crippen LogP contribution >= 0.6 is 27.5 Å². The summed E-state index contributed by atoms with van der Waals surface area (Å²) in [7, 11) is 0. The number of anilines is 1. The number of benzene rings is 1. The number of aromatic nitrogens is 1. The van der Waals surface area contributed by atoms with Gasteiger partial charge in [0.25, 0.3) is 0 Å². The molecule has 0 aliphatic carbocycles. The minimum absolute atomic E-state index is 0.225. The summed E-state index contributed by atoms with van der Waals surface area (Å²) < 4.78 is 38.5. The van der Waals surface area contributed by atoms with E-state index in [0.717, 1.165) is 12.1 Å². The molecule has 0 bridgehead atoms. The predicted molar refractivity (Wildman–Crippen MR) is 75.7 cm³/mol. The Balaban J connectivity index is 2.17. The lowest BCUT2D eigenvalue weighted by Crippen LogP contribution is -2.07. The van der Waals surface area contributed by atoms with E-state index in [1.807, 2.05) is 0 Å². The molecular formula is C13H9BrClF3N2. The molecule has 1 N–H and O–H groups in total. The second kappa shape index (κ2) is 6.01. The molecule has 106 valence electrons. The largest absolute Gasteiger partial charge is 0.416 e. The number of pyridine rings is 1. The lowest BCUT2D eigenvalue weighted by molar-refractivity contribution is -0.137. The zero-order valence-corrected chi connectivity index (χ0v) is 12.4. The van der Waals surface area contributed by atoms with E-state index in [1.165, 1.54) is 6.07 Å². The van der Waals surface area contributed by atoms with E-state index in [0.29, 0.717) is 10.3 Å². The first-order valence-corrected chi connectivity index (χ1v) is 6.75. The first-order valence-electron chi connectivity index (χ1n) is 5.58. The minimum Gasteiger partial charge on any atom is -0.378 e. The van der Waals surface area contributed by atoms with Crippen LogP contribution in [0.5, 0.6) is 0 Å². The number of rotatable bonds is 3. The molecule has 1 aromatic heterocycles. The van der Waals surface area contributed by atoms with Gasteiger partial charge in [0.15, 0.2) is 0 Å². The summed E-state index contributed by atoms with van der Waals surface area (Å²) in [6, 6.07) is 8.48. The highest BCUT2D eigenvalue weighted by molar-refractivity contribution is 9.10. The molecule has 2 rings (SSSR count). The van der Waals surface area contributed by atoms with Crippen molar-refractivity contribution < 1.29 is 13.2 Å². The number of hydrogen-bond donors (Lipinski definition) is 1. The van der Waals surface area contributed by atoms with Crippen molar-refractivity contribution in [3.05, 3.63) is 57.3 Å². The van der Waals surface area contributed by atoms with Crippen LogP contribution in [-0.4, -0.2) is 4.98 Å². The van der Waals surface area contributed by atoms with Crippen molar-refractivity contribution in [1.29, 1.82) is 0 Å². The second-order valence-corrected chi connectivity index (χ2v) is 5.22. The van der Waals surface area contributed by atoms with E-state index in [9.17, 15) is 13.2 Å². The fraction of sp³-hybridized carbons (Fsp3) is 0.154. The average Bonchev–Trinajstić information content (AvgIpc) is 2.36. The highest BCUT2D eigenvalue weighted by atomic mass is 79.9. The van der Waals surface area contributed by atoms with Gasteiger partial charge >= 0.3 is 6.18 Å². The maximum Gasteiger partial charge on any atom is 0.416 e. The molecule has 0 amide bonds. The Hall–Kier alpha value is -1.27. The van der Waals surface area contributed by atoms with E-state index in [-0.39, 0.29) is 17.3 Å². The van der Waals surface area contributed by atoms with E-state index in [1.54, 1.807) is 18.2 Å². The summed E-state index contributed by atoms with van der Waals surface area (Å²) in [6.07, 6.45) is -4.39. The van der Waals surface area contributed by atoms with Gasteiger partial charge in [-0.25, -0.2) is 4.98 Å². The summed E-state index contributed by atoms with van der Waals surface area (Å²) in [5.41, 5.74) is 0.169. The molecule has 0 aliphatic heterocycles. The topological polar surface area (TPSA) is 24.9 Å². The third kappa shape index (κ3) is 3.86. The highest BCUT2D eigenvalue weighted by Crippen LogP contribution is 2.33. The molecule has 1 aromatic carbocycles. The van der Waals surface area contributed by atoms with E-state index in [2.05, 4.69) is 26.2 Å². The molecule has 7 heteroatoms. The quantitative estimate of drug-likeness (QED) is 0.763. The maximum absolute atomic E-state index is 12.6. The molecule has 0 saturated heterocycles. The van der Waals surface area contributed by atoms with Crippen molar-refractivity contribution in [3.8, 4) is 0 Å². The fourth-order valence-corrected chi connectivity index (χ4v) is 2.14. The molecule has 0 fully saturated rings. The minimum atomic E-state index is -4.39. The van der Waals surface area contributed by atoms with Gasteiger partial charge in [0.2, 0.25) is 0 Å². The lowest BCUT2D eigenvalue weighted by atomic mass is 10.2. The Kier molecular flexibility index (Phi) is 4.55. The first-order chi connectivity index (χ1) is 9.36. The Labute approximate surface area is 127 Å². The van der Waals surface area contributed by atoms with Gasteiger partial charge in [-0.2, -0.15) is 13.2 Å². The van der Waals surface area contributed by atoms with Crippen molar-refractivity contribution in [2.24, 2.45) is 0 Å². The first kappa shape index (κ1) is 15.1. The van der Waals surface area contributed by atoms with E-state index >= 15 is 0 Å². The number of halogens is 5. The SMILES string of the molecule is FC(F)(F)c1ccc(Cl)c(NCc2cccc(Br)n2)c1. The summed E-state index contributed by atoms with van der Waals surface area (Å²) >= 11 is 9.11. The normalized spacial score (nSPS) is 11.4. The number of nitrogens with one attached hydrogen (secondary N) is 1. The highest BCUT2D eigenvalue weighted by Gasteiger charge is 2.30. The van der Waals surface area contributed by atoms with Gasteiger partial charge in [-0.3, -0.25) is 0 Å². The molecule has 0 aliphatic rings. The Morgan fingerprint density at radius 2 is 1.95 bits per heavy atom. The molecule has 0 saturated carbocycles. The van der Waals surface area contributed by atoms with Crippen LogP contribution in [0.1, 0.15) is 11.3 Å². The Morgan fingerprint density at radius 3 is 2.60 bits per heavy atom. The second-order valence-electron chi connectivity index (χ2n) is 4.00. The van der Waals surface area contributed by atoms with E-state index < -0.39 is 11.7 Å². The molecular weight excluding hydrogens is 357 g/mol. The summed E-state index contributed by atoms with van der Waals surface area (Å²) in [6.45, 7) is 0.278. The summed E-state index contributed by atoms with van der Waals surface area (Å²) in [4.78, 5) is 4.18. The number of nitrogens with zero attached hydrogens (tertiary/aromatic N) is 1. The van der Waals surface area contributed by atoms with Crippen molar-refractivity contribution in [2.75, 3.05) is 5.32 Å². The third-order valence-electron chi connectivity index (χ3n) is 2.53. The molecule has 0 unspecified atom stereocenters. The van der Waals surface area contributed by atoms with Gasteiger partial charge in [0, 0.05) is 0 Å². The van der Waals surface area contributed by atoms with Crippen LogP contribution in [0.25, 0.3) is 0 Å². The van der Waals surface area contributed by atoms with Crippen LogP contribution < -0.4 is 5.32 Å². The maximum atomic E-state index is 12.6. The molecule has 0 spiro atoms. The monoisotopic (exact) mass is 364 g/mol. The smallest absolute Gasteiger partial charge is 0.378 e. The van der Waals surface area contributed by atoms with Crippen LogP contribution in [-0.2, 0) is 12.7 Å². The zero-order valence-electron chi connectivity index (χ0n) is 10.0. The zero-order chi connectivity index (χ0) is 14.8. The van der Waals surface area contributed by atoms with Crippen LogP contribution in [0.4, 0.5) is 18.9 Å².